The van der Waals surface area contributed by atoms with E-state index < -0.39 is 11.7 Å². The Morgan fingerprint density at radius 3 is 2.65 bits per heavy atom. The number of hydrogen-bond donors (Lipinski definition) is 1. The number of aromatic nitrogens is 2. The fraction of sp³-hybridized carbons (Fsp3) is 0.640. The fourth-order valence-electron chi connectivity index (χ4n) is 5.07. The minimum Gasteiger partial charge on any atom is -0.474 e. The Labute approximate surface area is 204 Å². The number of thiophene rings is 1. The highest BCUT2D eigenvalue weighted by Gasteiger charge is 2.35. The van der Waals surface area contributed by atoms with Gasteiger partial charge in [-0.3, -0.25) is 4.79 Å². The zero-order chi connectivity index (χ0) is 24.5. The summed E-state index contributed by atoms with van der Waals surface area (Å²) in [6.07, 6.45) is 9.37. The van der Waals surface area contributed by atoms with Crippen LogP contribution in [0.1, 0.15) is 89.0 Å². The summed E-state index contributed by atoms with van der Waals surface area (Å²) < 4.78 is 11.8. The average Bonchev–Trinajstić information content (AvgIpc) is 3.32. The van der Waals surface area contributed by atoms with E-state index in [0.717, 1.165) is 60.7 Å². The van der Waals surface area contributed by atoms with Crippen molar-refractivity contribution in [3.8, 4) is 5.88 Å². The highest BCUT2D eigenvalue weighted by Crippen LogP contribution is 2.47. The highest BCUT2D eigenvalue weighted by molar-refractivity contribution is 7.19. The molecule has 2 aliphatic rings. The number of nitrogens with zero attached hydrogens (tertiary/aromatic N) is 3. The Bertz CT molecular complexity index is 1100. The van der Waals surface area contributed by atoms with Gasteiger partial charge in [-0.1, -0.05) is 6.92 Å². The lowest BCUT2D eigenvalue weighted by Gasteiger charge is -2.36. The first-order valence-electron chi connectivity index (χ1n) is 12.1. The van der Waals surface area contributed by atoms with Crippen LogP contribution >= 0.6 is 11.3 Å². The van der Waals surface area contributed by atoms with Crippen molar-refractivity contribution in [1.29, 1.82) is 0 Å². The van der Waals surface area contributed by atoms with Crippen molar-refractivity contribution in [2.75, 3.05) is 0 Å². The molecular formula is C25H34N4O4S. The molecule has 1 saturated carbocycles. The molecule has 4 rings (SSSR count). The number of fused-ring (bicyclic) bond motifs is 3. The van der Waals surface area contributed by atoms with Gasteiger partial charge in [-0.05, 0) is 77.2 Å². The molecule has 2 amide bonds. The van der Waals surface area contributed by atoms with E-state index in [9.17, 15) is 9.59 Å². The van der Waals surface area contributed by atoms with Gasteiger partial charge in [0.1, 0.15) is 22.9 Å². The quantitative estimate of drug-likeness (QED) is 0.552. The van der Waals surface area contributed by atoms with Crippen LogP contribution in [-0.2, 0) is 16.0 Å². The first-order chi connectivity index (χ1) is 16.1. The number of carbonyl (C=O) groups excluding carboxylic acids is 2. The van der Waals surface area contributed by atoms with Gasteiger partial charge in [0.25, 0.3) is 0 Å². The monoisotopic (exact) mass is 486 g/mol. The molecule has 2 aliphatic carbocycles. The Balaban J connectivity index is 1.47. The van der Waals surface area contributed by atoms with Gasteiger partial charge in [-0.2, -0.15) is 4.99 Å². The lowest BCUT2D eigenvalue weighted by molar-refractivity contribution is -0.118. The van der Waals surface area contributed by atoms with Crippen LogP contribution in [0.2, 0.25) is 0 Å². The minimum absolute atomic E-state index is 0.0271. The van der Waals surface area contributed by atoms with Gasteiger partial charge in [0.2, 0.25) is 11.8 Å². The predicted octanol–water partition coefficient (Wildman–Crippen LogP) is 5.32. The van der Waals surface area contributed by atoms with Crippen molar-refractivity contribution in [3.63, 3.8) is 0 Å². The summed E-state index contributed by atoms with van der Waals surface area (Å²) in [4.78, 5) is 38.9. The molecule has 0 radical (unpaired) electrons. The molecule has 184 valence electrons. The van der Waals surface area contributed by atoms with Crippen LogP contribution in [0, 0.1) is 5.41 Å². The molecule has 2 heterocycles. The summed E-state index contributed by atoms with van der Waals surface area (Å²) in [6.45, 7) is 7.63. The number of aliphatic imine (C=N–C) groups is 1. The lowest BCUT2D eigenvalue weighted by atomic mass is 9.72. The van der Waals surface area contributed by atoms with E-state index in [0.29, 0.717) is 12.3 Å². The van der Waals surface area contributed by atoms with Gasteiger partial charge in [0, 0.05) is 22.9 Å². The number of carbonyl (C=O) groups is 2. The summed E-state index contributed by atoms with van der Waals surface area (Å²) in [5.74, 6) is 0.431. The molecule has 1 atom stereocenters. The number of hydrogen-bond acceptors (Lipinski definition) is 7. The molecule has 1 unspecified atom stereocenters. The van der Waals surface area contributed by atoms with Crippen molar-refractivity contribution in [2.45, 2.75) is 96.7 Å². The van der Waals surface area contributed by atoms with Crippen LogP contribution in [0.25, 0.3) is 10.2 Å². The second kappa shape index (κ2) is 9.60. The fourth-order valence-corrected chi connectivity index (χ4v) is 6.30. The third-order valence-corrected chi connectivity index (χ3v) is 8.06. The van der Waals surface area contributed by atoms with Crippen molar-refractivity contribution in [1.82, 2.24) is 9.97 Å². The number of ether oxygens (including phenoxy) is 2. The van der Waals surface area contributed by atoms with E-state index in [-0.39, 0.29) is 23.3 Å². The molecule has 1 fully saturated rings. The molecule has 0 bridgehead atoms. The van der Waals surface area contributed by atoms with Crippen LogP contribution in [-0.4, -0.2) is 39.9 Å². The second-order valence-electron chi connectivity index (χ2n) is 10.5. The minimum atomic E-state index is -0.555. The normalized spacial score (nSPS) is 24.9. The molecule has 8 nitrogen and oxygen atoms in total. The lowest BCUT2D eigenvalue weighted by Crippen LogP contribution is -2.34. The summed E-state index contributed by atoms with van der Waals surface area (Å²) in [7, 11) is 0. The molecule has 0 aliphatic heterocycles. The Hall–Kier alpha value is -2.55. The third-order valence-electron chi connectivity index (χ3n) is 6.89. The maximum Gasteiger partial charge on any atom is 0.433 e. The topological polar surface area (TPSA) is 117 Å². The molecule has 34 heavy (non-hydrogen) atoms. The van der Waals surface area contributed by atoms with E-state index in [2.05, 4.69) is 21.9 Å². The van der Waals surface area contributed by atoms with Crippen molar-refractivity contribution in [3.05, 3.63) is 16.8 Å². The first kappa shape index (κ1) is 24.6. The molecule has 0 spiro atoms. The number of amides is 2. The molecule has 0 saturated heterocycles. The predicted molar refractivity (Wildman–Crippen MR) is 133 cm³/mol. The van der Waals surface area contributed by atoms with E-state index in [1.165, 1.54) is 4.88 Å². The van der Waals surface area contributed by atoms with Gasteiger partial charge in [0.05, 0.1) is 5.39 Å². The number of aryl methyl sites for hydroxylation is 1. The van der Waals surface area contributed by atoms with Crippen molar-refractivity contribution in [2.24, 2.45) is 16.1 Å². The van der Waals surface area contributed by atoms with Crippen LogP contribution in [0.15, 0.2) is 11.3 Å². The third kappa shape index (κ3) is 5.40. The highest BCUT2D eigenvalue weighted by atomic mass is 32.1. The smallest absolute Gasteiger partial charge is 0.433 e. The van der Waals surface area contributed by atoms with E-state index in [4.69, 9.17) is 15.2 Å². The van der Waals surface area contributed by atoms with Gasteiger partial charge in [-0.15, -0.1) is 11.3 Å². The van der Waals surface area contributed by atoms with Gasteiger partial charge in [-0.25, -0.2) is 14.8 Å². The number of rotatable bonds is 6. The van der Waals surface area contributed by atoms with Gasteiger partial charge >= 0.3 is 6.09 Å². The Kier molecular flexibility index (Phi) is 6.94. The first-order valence-corrected chi connectivity index (χ1v) is 12.9. The van der Waals surface area contributed by atoms with Crippen LogP contribution in [0.5, 0.6) is 5.88 Å². The Morgan fingerprint density at radius 1 is 1.26 bits per heavy atom. The molecule has 9 heteroatoms. The van der Waals surface area contributed by atoms with Crippen LogP contribution in [0.3, 0.4) is 0 Å². The Morgan fingerprint density at radius 2 is 2.00 bits per heavy atom. The maximum absolute atomic E-state index is 12.1. The standard InChI is InChI=1S/C25H34N4O4S/c1-5-25(13-27-23(31)33-24(2,3)4)10-8-16(9-11-25)32-21-20-19-15(12-18(26)30)6-7-17(19)34-22(20)29-14-28-21/h13-16H,5-12H2,1-4H3,(H2,26,30). The van der Waals surface area contributed by atoms with Crippen LogP contribution < -0.4 is 10.5 Å². The second-order valence-corrected chi connectivity index (χ2v) is 11.6. The molecule has 2 N–H and O–H groups in total. The van der Waals surface area contributed by atoms with Crippen LogP contribution in [0.4, 0.5) is 4.79 Å². The number of primary amides is 1. The van der Waals surface area contributed by atoms with E-state index in [1.807, 2.05) is 20.8 Å². The summed E-state index contributed by atoms with van der Waals surface area (Å²) >= 11 is 1.67. The molecular weight excluding hydrogens is 452 g/mol. The largest absolute Gasteiger partial charge is 0.474 e. The van der Waals surface area contributed by atoms with Crippen molar-refractivity contribution >= 4 is 39.8 Å². The van der Waals surface area contributed by atoms with Gasteiger partial charge < -0.3 is 15.2 Å². The molecule has 0 aromatic carbocycles. The number of nitrogens with two attached hydrogens (primary N) is 1. The summed E-state index contributed by atoms with van der Waals surface area (Å²) in [5, 5.41) is 0.949. The molecule has 2 aromatic heterocycles. The maximum atomic E-state index is 12.1. The summed E-state index contributed by atoms with van der Waals surface area (Å²) in [5.41, 5.74) is 5.97. The zero-order valence-corrected chi connectivity index (χ0v) is 21.2. The van der Waals surface area contributed by atoms with E-state index in [1.54, 1.807) is 23.9 Å². The average molecular weight is 487 g/mol. The SMILES string of the molecule is CCC1(C=NC(=O)OC(C)(C)C)CCC(Oc2ncnc3sc4c(c23)C(CC(N)=O)CC4)CC1. The van der Waals surface area contributed by atoms with E-state index >= 15 is 0 Å². The molecule has 2 aromatic rings. The van der Waals surface area contributed by atoms with Gasteiger partial charge in [0.15, 0.2) is 0 Å². The zero-order valence-electron chi connectivity index (χ0n) is 20.4. The summed E-state index contributed by atoms with van der Waals surface area (Å²) in [6, 6.07) is 0. The van der Waals surface area contributed by atoms with Crippen molar-refractivity contribution < 1.29 is 19.1 Å².